The summed E-state index contributed by atoms with van der Waals surface area (Å²) >= 11 is 0. The van der Waals surface area contributed by atoms with E-state index in [1.807, 2.05) is 78.0 Å². The predicted molar refractivity (Wildman–Crippen MR) is 275 cm³/mol. The third-order valence-corrected chi connectivity index (χ3v) is 18.8. The van der Waals surface area contributed by atoms with Crippen molar-refractivity contribution in [2.24, 2.45) is 59.2 Å². The van der Waals surface area contributed by atoms with Crippen LogP contribution in [0.25, 0.3) is 0 Å². The minimum Gasteiger partial charge on any atom is -0.457 e. The molecule has 2 saturated heterocycles. The topological polar surface area (TPSA) is 223 Å². The Morgan fingerprint density at radius 3 is 1.64 bits per heavy atom. The van der Waals surface area contributed by atoms with Gasteiger partial charge < -0.3 is 65.7 Å². The summed E-state index contributed by atoms with van der Waals surface area (Å²) in [6, 6.07) is 0. The number of carbonyl (C=O) groups is 4. The van der Waals surface area contributed by atoms with Gasteiger partial charge in [-0.1, -0.05) is 88.5 Å². The summed E-state index contributed by atoms with van der Waals surface area (Å²) in [6.07, 6.45) is 14.1. The molecule has 0 aromatic rings. The number of hydrogen-bond acceptors (Lipinski definition) is 16. The normalized spacial score (nSPS) is 45.8. The minimum atomic E-state index is -0.918. The van der Waals surface area contributed by atoms with Crippen LogP contribution in [-0.4, -0.2) is 143 Å². The first-order valence-electron chi connectivity index (χ1n) is 26.9. The van der Waals surface area contributed by atoms with Crippen LogP contribution >= 0.6 is 0 Å². The molecule has 10 aliphatic rings. The van der Waals surface area contributed by atoms with Crippen LogP contribution in [0.1, 0.15) is 93.9 Å². The number of rotatable bonds is 8. The molecule has 10 rings (SSSR count). The fourth-order valence-corrected chi connectivity index (χ4v) is 15.1. The van der Waals surface area contributed by atoms with Crippen LogP contribution in [-0.2, 0) is 77.5 Å². The van der Waals surface area contributed by atoms with E-state index in [0.717, 1.165) is 24.0 Å². The SMILES string of the molecule is CO[C@H]1C[C@H]2C=C[C@H]3[C@H]4O[C@]2(/C(C)=C/[C@@H](C)[C@@H]([C@@H](C)O)OC1=O)[C@@H]3[C@H](O)[C@@H](C)[C@H]4OC(=O)C1=CC=CC1.CO[C@H]1C[C@H]2CC[C@H]3[C@H]4O[C@]2(/C(C)=C/[C@@H](C)[C@@H]([C@@H](C)O)OC1=O)[C@@H]3[C@H](O)[C@@H](C)[C@H]4OC(=O)C1=CC=CC1.[CH3-].[Pd]. The van der Waals surface area contributed by atoms with Gasteiger partial charge in [0.2, 0.25) is 0 Å². The molecule has 6 aliphatic carbocycles. The van der Waals surface area contributed by atoms with Crippen molar-refractivity contribution >= 4 is 23.9 Å². The number of ether oxygens (including phenoxy) is 8. The zero-order valence-electron chi connectivity index (χ0n) is 45.7. The van der Waals surface area contributed by atoms with Gasteiger partial charge in [-0.05, 0) is 89.2 Å². The smallest absolute Gasteiger partial charge is 0.335 e. The van der Waals surface area contributed by atoms with Crippen LogP contribution in [0.5, 0.6) is 0 Å². The van der Waals surface area contributed by atoms with Gasteiger partial charge >= 0.3 is 23.9 Å². The monoisotopic (exact) mass is 1150 g/mol. The number of aliphatic hydroxyl groups is 4. The first kappa shape index (κ1) is 60.1. The number of carbonyl (C=O) groups excluding carboxylic acids is 4. The molecule has 0 aromatic heterocycles. The number of esters is 4. The Hall–Kier alpha value is -3.60. The molecule has 24 atom stereocenters. The van der Waals surface area contributed by atoms with Crippen molar-refractivity contribution in [3.8, 4) is 0 Å². The van der Waals surface area contributed by atoms with Crippen LogP contribution in [0.15, 0.2) is 83.1 Å². The summed E-state index contributed by atoms with van der Waals surface area (Å²) in [7, 11) is 2.96. The molecule has 0 aromatic carbocycles. The van der Waals surface area contributed by atoms with Crippen molar-refractivity contribution in [1.29, 1.82) is 0 Å². The maximum absolute atomic E-state index is 13.1. The van der Waals surface area contributed by atoms with Gasteiger partial charge in [-0.2, -0.15) is 0 Å². The standard InChI is InChI=1S/C29H40O8.C29H38O8.CH3.Pd/c2*1-14-12-15(2)29-19(13-21(34-5)28(33)35-24(14)17(4)30)10-11-20-22(29)23(31)16(3)25(26(20)37-29)36-27(32)18-8-6-7-9-18;;/h6-8,12,14,16-17,19-26,30-31H,9-11,13H2,1-5H3;6-8,10-12,14,16-17,19-26,30-31H,9,13H2,1-5H3;1H3;/q;;-1;/b2*15-12+;;/t2*14-,16-,17-,19-,20-,21+,22+,23-,24+,25-,26-,29+;;/m11../s1. The first-order chi connectivity index (χ1) is 35.2. The Labute approximate surface area is 462 Å². The van der Waals surface area contributed by atoms with Gasteiger partial charge in [0.1, 0.15) is 36.1 Å². The van der Waals surface area contributed by atoms with Crippen molar-refractivity contribution < 1.29 is 97.9 Å². The molecule has 4 N–H and O–H groups in total. The summed E-state index contributed by atoms with van der Waals surface area (Å²) in [5.41, 5.74) is 1.31. The van der Waals surface area contributed by atoms with Crippen molar-refractivity contribution in [3.63, 3.8) is 0 Å². The third-order valence-electron chi connectivity index (χ3n) is 18.8. The van der Waals surface area contributed by atoms with Gasteiger partial charge in [-0.25, -0.2) is 19.2 Å². The summed E-state index contributed by atoms with van der Waals surface area (Å²) < 4.78 is 48.7. The fraction of sp³-hybridized carbons (Fsp3) is 0.678. The van der Waals surface area contributed by atoms with Gasteiger partial charge in [0, 0.05) is 93.1 Å². The third kappa shape index (κ3) is 10.2. The average Bonchev–Trinajstić information content (AvgIpc) is 4.17. The van der Waals surface area contributed by atoms with Crippen LogP contribution in [0.3, 0.4) is 0 Å². The van der Waals surface area contributed by atoms with E-state index in [2.05, 4.69) is 12.2 Å². The molecular weight excluding hydrogens is 1070 g/mol. The first-order valence-corrected chi connectivity index (χ1v) is 26.9. The van der Waals surface area contributed by atoms with E-state index in [1.165, 1.54) is 14.2 Å². The molecule has 2 spiro atoms. The molecule has 76 heavy (non-hydrogen) atoms. The Bertz CT molecular complexity index is 2400. The van der Waals surface area contributed by atoms with E-state index in [4.69, 9.17) is 37.9 Å². The van der Waals surface area contributed by atoms with Crippen LogP contribution in [0.2, 0.25) is 0 Å². The van der Waals surface area contributed by atoms with E-state index in [1.54, 1.807) is 26.0 Å². The van der Waals surface area contributed by atoms with Gasteiger partial charge in [-0.15, -0.1) is 0 Å². The molecule has 3 saturated carbocycles. The van der Waals surface area contributed by atoms with Gasteiger partial charge in [0.25, 0.3) is 0 Å². The molecular formula is C59H81O16Pd-. The maximum Gasteiger partial charge on any atom is 0.335 e. The summed E-state index contributed by atoms with van der Waals surface area (Å²) in [5, 5.41) is 44.3. The summed E-state index contributed by atoms with van der Waals surface area (Å²) in [4.78, 5) is 52.0. The minimum absolute atomic E-state index is 0. The van der Waals surface area contributed by atoms with Crippen molar-refractivity contribution in [1.82, 2.24) is 0 Å². The Morgan fingerprint density at radius 2 is 1.16 bits per heavy atom. The Balaban J connectivity index is 0.000000216. The fourth-order valence-electron chi connectivity index (χ4n) is 15.1. The van der Waals surface area contributed by atoms with E-state index in [-0.39, 0.29) is 111 Å². The number of aliphatic hydroxyl groups excluding tert-OH is 4. The summed E-state index contributed by atoms with van der Waals surface area (Å²) in [6.45, 7) is 14.9. The van der Waals surface area contributed by atoms with Crippen LogP contribution < -0.4 is 0 Å². The quantitative estimate of drug-likeness (QED) is 0.0724. The van der Waals surface area contributed by atoms with Crippen molar-refractivity contribution in [2.45, 2.75) is 178 Å². The van der Waals surface area contributed by atoms with Gasteiger partial charge in [-0.3, -0.25) is 0 Å². The summed E-state index contributed by atoms with van der Waals surface area (Å²) in [5.74, 6) is -4.01. The second kappa shape index (κ2) is 23.6. The molecule has 0 unspecified atom stereocenters. The number of hydrogen-bond donors (Lipinski definition) is 4. The Morgan fingerprint density at radius 1 is 0.684 bits per heavy atom. The van der Waals surface area contributed by atoms with Crippen molar-refractivity contribution in [2.75, 3.05) is 14.2 Å². The number of methoxy groups -OCH3 is 2. The second-order valence-electron chi connectivity index (χ2n) is 23.0. The van der Waals surface area contributed by atoms with E-state index in [0.29, 0.717) is 30.4 Å². The molecule has 5 fully saturated rings. The molecule has 0 radical (unpaired) electrons. The predicted octanol–water partition coefficient (Wildman–Crippen LogP) is 5.96. The second-order valence-corrected chi connectivity index (χ2v) is 23.0. The number of allylic oxidation sites excluding steroid dienone is 6. The largest absolute Gasteiger partial charge is 0.457 e. The number of cyclic esters (lactones) is 2. The molecule has 16 nitrogen and oxygen atoms in total. The van der Waals surface area contributed by atoms with Crippen LogP contribution in [0.4, 0.5) is 0 Å². The molecule has 4 heterocycles. The average molecular weight is 1150 g/mol. The molecule has 17 heteroatoms. The Kier molecular flexibility index (Phi) is 18.7. The van der Waals surface area contributed by atoms with E-state index in [9.17, 15) is 39.6 Å². The van der Waals surface area contributed by atoms with Crippen LogP contribution in [0, 0.1) is 66.6 Å². The molecule has 8 bridgehead atoms. The van der Waals surface area contributed by atoms with Gasteiger partial charge in [0.05, 0.1) is 36.1 Å². The zero-order valence-corrected chi connectivity index (χ0v) is 47.3. The van der Waals surface area contributed by atoms with E-state index < -0.39 is 90.3 Å². The van der Waals surface area contributed by atoms with Gasteiger partial charge in [0.15, 0.2) is 12.2 Å². The molecule has 0 amide bonds. The maximum atomic E-state index is 13.1. The molecule has 4 aliphatic heterocycles. The van der Waals surface area contributed by atoms with E-state index >= 15 is 0 Å². The molecule has 424 valence electrons. The zero-order chi connectivity index (χ0) is 53.3. The van der Waals surface area contributed by atoms with Crippen molar-refractivity contribution in [3.05, 3.63) is 90.5 Å².